The van der Waals surface area contributed by atoms with E-state index in [0.29, 0.717) is 12.0 Å². The second-order valence-electron chi connectivity index (χ2n) is 5.85. The number of carbonyl (C=O) groups excluding carboxylic acids is 2. The fraction of sp³-hybridized carbons (Fsp3) is 0.200. The summed E-state index contributed by atoms with van der Waals surface area (Å²) in [5.74, 6) is -0.843. The average molecular weight is 322 g/mol. The first-order chi connectivity index (χ1) is 11.5. The van der Waals surface area contributed by atoms with Gasteiger partial charge in [-0.2, -0.15) is 0 Å². The van der Waals surface area contributed by atoms with E-state index in [0.717, 1.165) is 16.7 Å². The highest BCUT2D eigenvalue weighted by atomic mass is 16.2. The quantitative estimate of drug-likeness (QED) is 0.858. The maximum Gasteiger partial charge on any atom is 0.251 e. The number of rotatable bonds is 6. The highest BCUT2D eigenvalue weighted by molar-refractivity contribution is 5.97. The number of hydrogen-bond donors (Lipinski definition) is 2. The Morgan fingerprint density at radius 1 is 1.08 bits per heavy atom. The number of nitrogens with two attached hydrogens (primary N) is 1. The van der Waals surface area contributed by atoms with Crippen LogP contribution in [0.15, 0.2) is 54.6 Å². The molecule has 0 bridgehead atoms. The van der Waals surface area contributed by atoms with E-state index in [4.69, 9.17) is 5.73 Å². The van der Waals surface area contributed by atoms with E-state index in [-0.39, 0.29) is 5.91 Å². The van der Waals surface area contributed by atoms with Crippen LogP contribution in [0.1, 0.15) is 33.5 Å². The Kier molecular flexibility index (Phi) is 5.90. The summed E-state index contributed by atoms with van der Waals surface area (Å²) in [5.41, 5.74) is 8.98. The van der Waals surface area contributed by atoms with E-state index in [9.17, 15) is 9.59 Å². The molecule has 0 fully saturated rings. The summed E-state index contributed by atoms with van der Waals surface area (Å²) in [6.07, 6.45) is 4.09. The molecule has 0 saturated heterocycles. The molecule has 0 saturated carbocycles. The molecule has 0 spiro atoms. The Morgan fingerprint density at radius 3 is 2.29 bits per heavy atom. The van der Waals surface area contributed by atoms with Crippen LogP contribution < -0.4 is 11.1 Å². The van der Waals surface area contributed by atoms with E-state index < -0.39 is 11.9 Å². The van der Waals surface area contributed by atoms with Gasteiger partial charge in [0, 0.05) is 5.56 Å². The zero-order valence-electron chi connectivity index (χ0n) is 14.0. The lowest BCUT2D eigenvalue weighted by molar-refractivity contribution is -0.119. The molecule has 3 N–H and O–H groups in total. The van der Waals surface area contributed by atoms with E-state index in [1.807, 2.05) is 62.4 Å². The summed E-state index contributed by atoms with van der Waals surface area (Å²) in [6, 6.07) is 14.6. The molecule has 4 nitrogen and oxygen atoms in total. The van der Waals surface area contributed by atoms with Crippen LogP contribution in [0.2, 0.25) is 0 Å². The van der Waals surface area contributed by atoms with Crippen molar-refractivity contribution in [1.82, 2.24) is 5.32 Å². The summed E-state index contributed by atoms with van der Waals surface area (Å²) < 4.78 is 0. The van der Waals surface area contributed by atoms with Crippen molar-refractivity contribution in [2.75, 3.05) is 0 Å². The van der Waals surface area contributed by atoms with Crippen molar-refractivity contribution in [1.29, 1.82) is 0 Å². The number of aryl methyl sites for hydroxylation is 2. The van der Waals surface area contributed by atoms with Crippen molar-refractivity contribution in [3.63, 3.8) is 0 Å². The Hall–Kier alpha value is -2.88. The molecule has 0 aliphatic rings. The molecule has 2 aromatic rings. The number of amides is 2. The third-order valence-electron chi connectivity index (χ3n) is 3.61. The molecule has 1 atom stereocenters. The van der Waals surface area contributed by atoms with Crippen LogP contribution in [0.25, 0.3) is 6.08 Å². The van der Waals surface area contributed by atoms with Gasteiger partial charge in [-0.3, -0.25) is 9.59 Å². The van der Waals surface area contributed by atoms with Crippen LogP contribution in [-0.4, -0.2) is 17.9 Å². The molecular weight excluding hydrogens is 300 g/mol. The zero-order valence-corrected chi connectivity index (χ0v) is 14.0. The largest absolute Gasteiger partial charge is 0.368 e. The van der Waals surface area contributed by atoms with Gasteiger partial charge in [0.2, 0.25) is 5.91 Å². The lowest BCUT2D eigenvalue weighted by atomic mass is 10.1. The summed E-state index contributed by atoms with van der Waals surface area (Å²) in [4.78, 5) is 24.0. The first-order valence-corrected chi connectivity index (χ1v) is 7.86. The molecule has 2 amide bonds. The van der Waals surface area contributed by atoms with Gasteiger partial charge in [-0.05, 0) is 38.0 Å². The van der Waals surface area contributed by atoms with Crippen molar-refractivity contribution >= 4 is 17.9 Å². The van der Waals surface area contributed by atoms with Crippen LogP contribution in [0.4, 0.5) is 0 Å². The van der Waals surface area contributed by atoms with E-state index >= 15 is 0 Å². The Balaban J connectivity index is 2.04. The molecule has 0 aliphatic carbocycles. The lowest BCUT2D eigenvalue weighted by Gasteiger charge is -2.14. The molecule has 2 rings (SSSR count). The van der Waals surface area contributed by atoms with Gasteiger partial charge >= 0.3 is 0 Å². The fourth-order valence-corrected chi connectivity index (χ4v) is 2.50. The summed E-state index contributed by atoms with van der Waals surface area (Å²) >= 11 is 0. The smallest absolute Gasteiger partial charge is 0.251 e. The zero-order chi connectivity index (χ0) is 17.5. The Morgan fingerprint density at radius 2 is 1.71 bits per heavy atom. The van der Waals surface area contributed by atoms with Gasteiger partial charge in [0.15, 0.2) is 0 Å². The number of benzene rings is 2. The highest BCUT2D eigenvalue weighted by Gasteiger charge is 2.17. The SMILES string of the molecule is Cc1cc(C)cc(C(=O)N[C@@H](C/C=C/c2ccccc2)C(N)=O)c1. The summed E-state index contributed by atoms with van der Waals surface area (Å²) in [7, 11) is 0. The molecule has 0 unspecified atom stereocenters. The number of carbonyl (C=O) groups is 2. The van der Waals surface area contributed by atoms with Crippen LogP contribution in [0.3, 0.4) is 0 Å². The van der Waals surface area contributed by atoms with E-state index in [2.05, 4.69) is 5.32 Å². The topological polar surface area (TPSA) is 72.2 Å². The standard InChI is InChI=1S/C20H22N2O2/c1-14-11-15(2)13-17(12-14)20(24)22-18(19(21)23)10-6-9-16-7-4-3-5-8-16/h3-9,11-13,18H,10H2,1-2H3,(H2,21,23)(H,22,24)/b9-6+/t18-/m0/s1. The maximum atomic E-state index is 12.4. The third kappa shape index (κ3) is 5.09. The maximum absolute atomic E-state index is 12.4. The Bertz CT molecular complexity index is 731. The first kappa shape index (κ1) is 17.5. The highest BCUT2D eigenvalue weighted by Crippen LogP contribution is 2.10. The van der Waals surface area contributed by atoms with Gasteiger partial charge in [-0.1, -0.05) is 59.7 Å². The lowest BCUT2D eigenvalue weighted by Crippen LogP contribution is -2.44. The normalized spacial score (nSPS) is 12.1. The molecule has 2 aromatic carbocycles. The number of nitrogens with one attached hydrogen (secondary N) is 1. The second-order valence-corrected chi connectivity index (χ2v) is 5.85. The van der Waals surface area contributed by atoms with Gasteiger partial charge < -0.3 is 11.1 Å². The van der Waals surface area contributed by atoms with Crippen molar-refractivity contribution in [2.45, 2.75) is 26.3 Å². The van der Waals surface area contributed by atoms with E-state index in [1.165, 1.54) is 0 Å². The van der Waals surface area contributed by atoms with Gasteiger partial charge in [-0.25, -0.2) is 0 Å². The minimum absolute atomic E-state index is 0.293. The molecule has 0 heterocycles. The fourth-order valence-electron chi connectivity index (χ4n) is 2.50. The monoisotopic (exact) mass is 322 g/mol. The molecule has 4 heteroatoms. The molecule has 0 aromatic heterocycles. The van der Waals surface area contributed by atoms with Gasteiger partial charge in [-0.15, -0.1) is 0 Å². The van der Waals surface area contributed by atoms with Gasteiger partial charge in [0.25, 0.3) is 5.91 Å². The van der Waals surface area contributed by atoms with Crippen molar-refractivity contribution < 1.29 is 9.59 Å². The molecular formula is C20H22N2O2. The first-order valence-electron chi connectivity index (χ1n) is 7.86. The second kappa shape index (κ2) is 8.11. The predicted molar refractivity (Wildman–Crippen MR) is 96.5 cm³/mol. The van der Waals surface area contributed by atoms with Gasteiger partial charge in [0.1, 0.15) is 6.04 Å². The van der Waals surface area contributed by atoms with Crippen molar-refractivity contribution in [3.05, 3.63) is 76.9 Å². The van der Waals surface area contributed by atoms with Crippen LogP contribution in [0, 0.1) is 13.8 Å². The number of hydrogen-bond acceptors (Lipinski definition) is 2. The molecule has 124 valence electrons. The predicted octanol–water partition coefficient (Wildman–Crippen LogP) is 2.99. The van der Waals surface area contributed by atoms with E-state index in [1.54, 1.807) is 12.1 Å². The molecule has 0 aliphatic heterocycles. The van der Waals surface area contributed by atoms with Gasteiger partial charge in [0.05, 0.1) is 0 Å². The van der Waals surface area contributed by atoms with Crippen molar-refractivity contribution in [3.8, 4) is 0 Å². The van der Waals surface area contributed by atoms with Crippen LogP contribution in [-0.2, 0) is 4.79 Å². The van der Waals surface area contributed by atoms with Crippen LogP contribution >= 0.6 is 0 Å². The minimum Gasteiger partial charge on any atom is -0.368 e. The minimum atomic E-state index is -0.738. The summed E-state index contributed by atoms with van der Waals surface area (Å²) in [5, 5.41) is 2.71. The summed E-state index contributed by atoms with van der Waals surface area (Å²) in [6.45, 7) is 3.86. The Labute approximate surface area is 142 Å². The van der Waals surface area contributed by atoms with Crippen LogP contribution in [0.5, 0.6) is 0 Å². The molecule has 0 radical (unpaired) electrons. The molecule has 24 heavy (non-hydrogen) atoms. The number of primary amides is 1. The third-order valence-corrected chi connectivity index (χ3v) is 3.61. The average Bonchev–Trinajstić information content (AvgIpc) is 2.53. The van der Waals surface area contributed by atoms with Crippen molar-refractivity contribution in [2.24, 2.45) is 5.73 Å².